The largest absolute Gasteiger partial charge is 0.376 e. The van der Waals surface area contributed by atoms with Crippen molar-refractivity contribution in [3.8, 4) is 0 Å². The zero-order chi connectivity index (χ0) is 15.5. The van der Waals surface area contributed by atoms with E-state index in [1.807, 2.05) is 0 Å². The van der Waals surface area contributed by atoms with Gasteiger partial charge in [0.1, 0.15) is 11.6 Å². The highest BCUT2D eigenvalue weighted by atomic mass is 19.1. The molecule has 1 heterocycles. The van der Waals surface area contributed by atoms with E-state index in [1.54, 1.807) is 0 Å². The van der Waals surface area contributed by atoms with Crippen molar-refractivity contribution in [1.82, 2.24) is 5.32 Å². The zero-order valence-electron chi connectivity index (χ0n) is 12.4. The molecule has 1 saturated heterocycles. The van der Waals surface area contributed by atoms with Crippen LogP contribution in [0.1, 0.15) is 37.2 Å². The SMILES string of the molecule is NC(=NCC1CCCO1)NC1CC(c2cc(F)cc(F)c2)C1. The van der Waals surface area contributed by atoms with Gasteiger partial charge in [0.2, 0.25) is 0 Å². The lowest BCUT2D eigenvalue weighted by Gasteiger charge is -2.36. The van der Waals surface area contributed by atoms with Gasteiger partial charge in [-0.05, 0) is 49.3 Å². The molecular formula is C16H21F2N3O. The molecule has 1 aliphatic carbocycles. The summed E-state index contributed by atoms with van der Waals surface area (Å²) in [6, 6.07) is 3.91. The van der Waals surface area contributed by atoms with Gasteiger partial charge in [-0.25, -0.2) is 8.78 Å². The molecule has 1 aromatic rings. The molecule has 6 heteroatoms. The van der Waals surface area contributed by atoms with E-state index in [-0.39, 0.29) is 18.1 Å². The molecule has 2 aliphatic rings. The molecule has 1 atom stereocenters. The Morgan fingerprint density at radius 1 is 1.27 bits per heavy atom. The molecule has 0 aromatic heterocycles. The smallest absolute Gasteiger partial charge is 0.188 e. The van der Waals surface area contributed by atoms with Gasteiger partial charge in [-0.2, -0.15) is 0 Å². The highest BCUT2D eigenvalue weighted by molar-refractivity contribution is 5.78. The maximum Gasteiger partial charge on any atom is 0.188 e. The molecule has 1 aliphatic heterocycles. The topological polar surface area (TPSA) is 59.6 Å². The molecule has 1 unspecified atom stereocenters. The van der Waals surface area contributed by atoms with Crippen LogP contribution in [0.15, 0.2) is 23.2 Å². The Labute approximate surface area is 128 Å². The Kier molecular flexibility index (Phi) is 4.57. The van der Waals surface area contributed by atoms with Crippen molar-refractivity contribution < 1.29 is 13.5 Å². The van der Waals surface area contributed by atoms with Gasteiger partial charge in [0.25, 0.3) is 0 Å². The molecule has 1 aromatic carbocycles. The zero-order valence-corrected chi connectivity index (χ0v) is 12.4. The minimum atomic E-state index is -0.524. The van der Waals surface area contributed by atoms with Crippen LogP contribution in [0.2, 0.25) is 0 Å². The highest BCUT2D eigenvalue weighted by Gasteiger charge is 2.31. The van der Waals surface area contributed by atoms with Gasteiger partial charge < -0.3 is 15.8 Å². The van der Waals surface area contributed by atoms with Crippen LogP contribution in [0.4, 0.5) is 8.78 Å². The van der Waals surface area contributed by atoms with Crippen LogP contribution in [0.3, 0.4) is 0 Å². The van der Waals surface area contributed by atoms with E-state index in [2.05, 4.69) is 10.3 Å². The van der Waals surface area contributed by atoms with E-state index >= 15 is 0 Å². The Balaban J connectivity index is 1.45. The summed E-state index contributed by atoms with van der Waals surface area (Å²) in [6.45, 7) is 1.39. The third-order valence-electron chi connectivity index (χ3n) is 4.34. The first-order valence-corrected chi connectivity index (χ1v) is 7.74. The molecule has 0 bridgehead atoms. The van der Waals surface area contributed by atoms with Crippen molar-refractivity contribution >= 4 is 5.96 Å². The van der Waals surface area contributed by atoms with Gasteiger partial charge in [0.05, 0.1) is 12.6 Å². The fraction of sp³-hybridized carbons (Fsp3) is 0.562. The summed E-state index contributed by atoms with van der Waals surface area (Å²) >= 11 is 0. The van der Waals surface area contributed by atoms with E-state index in [9.17, 15) is 8.78 Å². The normalized spacial score (nSPS) is 28.5. The quantitative estimate of drug-likeness (QED) is 0.663. The number of hydrogen-bond donors (Lipinski definition) is 2. The van der Waals surface area contributed by atoms with E-state index < -0.39 is 11.6 Å². The number of benzene rings is 1. The molecular weight excluding hydrogens is 288 g/mol. The number of nitrogens with zero attached hydrogens (tertiary/aromatic N) is 1. The summed E-state index contributed by atoms with van der Waals surface area (Å²) in [4.78, 5) is 4.29. The molecule has 3 rings (SSSR count). The third-order valence-corrected chi connectivity index (χ3v) is 4.34. The molecule has 22 heavy (non-hydrogen) atoms. The van der Waals surface area contributed by atoms with E-state index in [0.717, 1.165) is 38.4 Å². The molecule has 2 fully saturated rings. The number of nitrogens with two attached hydrogens (primary N) is 1. The first kappa shape index (κ1) is 15.2. The third kappa shape index (κ3) is 3.74. The van der Waals surface area contributed by atoms with Crippen LogP contribution in [0, 0.1) is 11.6 Å². The van der Waals surface area contributed by atoms with Crippen LogP contribution in [-0.4, -0.2) is 31.3 Å². The Morgan fingerprint density at radius 3 is 2.64 bits per heavy atom. The first-order chi connectivity index (χ1) is 10.6. The monoisotopic (exact) mass is 309 g/mol. The van der Waals surface area contributed by atoms with E-state index in [1.165, 1.54) is 12.1 Å². The molecule has 1 saturated carbocycles. The number of aliphatic imine (C=N–C) groups is 1. The van der Waals surface area contributed by atoms with Crippen molar-refractivity contribution in [2.45, 2.75) is 43.7 Å². The number of ether oxygens (including phenoxy) is 1. The predicted octanol–water partition coefficient (Wildman–Crippen LogP) is 2.29. The molecule has 4 nitrogen and oxygen atoms in total. The van der Waals surface area contributed by atoms with E-state index in [0.29, 0.717) is 18.1 Å². The average molecular weight is 309 g/mol. The van der Waals surface area contributed by atoms with Gasteiger partial charge in [-0.15, -0.1) is 0 Å². The fourth-order valence-corrected chi connectivity index (χ4v) is 3.06. The number of guanidine groups is 1. The lowest BCUT2D eigenvalue weighted by molar-refractivity contribution is 0.117. The van der Waals surface area contributed by atoms with Crippen molar-refractivity contribution in [2.75, 3.05) is 13.2 Å². The second-order valence-electron chi connectivity index (χ2n) is 6.07. The lowest BCUT2D eigenvalue weighted by Crippen LogP contribution is -2.46. The van der Waals surface area contributed by atoms with E-state index in [4.69, 9.17) is 10.5 Å². The van der Waals surface area contributed by atoms with Gasteiger partial charge in [-0.1, -0.05) is 0 Å². The molecule has 0 amide bonds. The van der Waals surface area contributed by atoms with Crippen LogP contribution in [-0.2, 0) is 4.74 Å². The van der Waals surface area contributed by atoms with Crippen LogP contribution < -0.4 is 11.1 Å². The molecule has 3 N–H and O–H groups in total. The summed E-state index contributed by atoms with van der Waals surface area (Å²) in [7, 11) is 0. The Hall–Kier alpha value is -1.69. The molecule has 120 valence electrons. The van der Waals surface area contributed by atoms with Gasteiger partial charge >= 0.3 is 0 Å². The lowest BCUT2D eigenvalue weighted by atomic mass is 9.76. The number of halogens is 2. The maximum atomic E-state index is 13.2. The number of nitrogens with one attached hydrogen (secondary N) is 1. The minimum absolute atomic E-state index is 0.175. The Morgan fingerprint density at radius 2 is 2.00 bits per heavy atom. The number of rotatable bonds is 4. The maximum absolute atomic E-state index is 13.2. The summed E-state index contributed by atoms with van der Waals surface area (Å²) < 4.78 is 31.9. The second kappa shape index (κ2) is 6.60. The summed E-state index contributed by atoms with van der Waals surface area (Å²) in [5, 5.41) is 3.15. The summed E-state index contributed by atoms with van der Waals surface area (Å²) in [5.74, 6) is -0.453. The minimum Gasteiger partial charge on any atom is -0.376 e. The van der Waals surface area contributed by atoms with Crippen LogP contribution in [0.5, 0.6) is 0 Å². The molecule has 0 spiro atoms. The van der Waals surface area contributed by atoms with Gasteiger partial charge in [-0.3, -0.25) is 4.99 Å². The first-order valence-electron chi connectivity index (χ1n) is 7.74. The van der Waals surface area contributed by atoms with Gasteiger partial charge in [0, 0.05) is 18.7 Å². The van der Waals surface area contributed by atoms with Gasteiger partial charge in [0.15, 0.2) is 5.96 Å². The van der Waals surface area contributed by atoms with Crippen LogP contribution in [0.25, 0.3) is 0 Å². The molecule has 0 radical (unpaired) electrons. The second-order valence-corrected chi connectivity index (χ2v) is 6.07. The van der Waals surface area contributed by atoms with Crippen molar-refractivity contribution in [1.29, 1.82) is 0 Å². The predicted molar refractivity (Wildman–Crippen MR) is 80.7 cm³/mol. The average Bonchev–Trinajstić information content (AvgIpc) is 2.92. The summed E-state index contributed by atoms with van der Waals surface area (Å²) in [6.07, 6.45) is 3.91. The van der Waals surface area contributed by atoms with Crippen LogP contribution >= 0.6 is 0 Å². The summed E-state index contributed by atoms with van der Waals surface area (Å²) in [5.41, 5.74) is 6.57. The highest BCUT2D eigenvalue weighted by Crippen LogP contribution is 2.37. The van der Waals surface area contributed by atoms with Crippen molar-refractivity contribution in [3.63, 3.8) is 0 Å². The van der Waals surface area contributed by atoms with Crippen molar-refractivity contribution in [3.05, 3.63) is 35.4 Å². The fourth-order valence-electron chi connectivity index (χ4n) is 3.06. The standard InChI is InChI=1S/C16H21F2N3O/c17-12-4-10(5-13(18)8-12)11-6-14(7-11)21-16(19)20-9-15-2-1-3-22-15/h4-5,8,11,14-15H,1-3,6-7,9H2,(H3,19,20,21). The number of hydrogen-bond acceptors (Lipinski definition) is 2. The van der Waals surface area contributed by atoms with Crippen molar-refractivity contribution in [2.24, 2.45) is 10.7 Å². The Bertz CT molecular complexity index is 532.